The molecular formula is C21H30ClN3O9. The van der Waals surface area contributed by atoms with Gasteiger partial charge >= 0.3 is 11.9 Å². The van der Waals surface area contributed by atoms with Crippen LogP contribution in [0.3, 0.4) is 0 Å². The Morgan fingerprint density at radius 1 is 1.21 bits per heavy atom. The number of likely N-dealkylation sites (tertiary alicyclic amines) is 1. The van der Waals surface area contributed by atoms with Crippen molar-refractivity contribution in [3.8, 4) is 0 Å². The van der Waals surface area contributed by atoms with Gasteiger partial charge in [-0.2, -0.15) is 0 Å². The molecule has 0 radical (unpaired) electrons. The molecule has 1 amide bonds. The van der Waals surface area contributed by atoms with Crippen LogP contribution in [0.5, 0.6) is 0 Å². The molecule has 6 N–H and O–H groups in total. The number of aliphatic hydroxyl groups excluding tert-OH is 3. The molecule has 2 aliphatic heterocycles. The first-order chi connectivity index (χ1) is 15.6. The van der Waals surface area contributed by atoms with Crippen LogP contribution in [0.15, 0.2) is 24.5 Å². The lowest BCUT2D eigenvalue weighted by molar-refractivity contribution is -0.977. The first kappa shape index (κ1) is 27.9. The Morgan fingerprint density at radius 2 is 1.91 bits per heavy atom. The van der Waals surface area contributed by atoms with Gasteiger partial charge in [-0.1, -0.05) is 6.07 Å². The highest BCUT2D eigenvalue weighted by Gasteiger charge is 2.57. The topological polar surface area (TPSA) is 187 Å². The molecule has 3 heterocycles. The van der Waals surface area contributed by atoms with Gasteiger partial charge in [0, 0.05) is 37.2 Å². The molecule has 2 fully saturated rings. The molecule has 8 unspecified atom stereocenters. The van der Waals surface area contributed by atoms with Crippen molar-refractivity contribution in [2.45, 2.75) is 68.4 Å². The first-order valence-corrected chi connectivity index (χ1v) is 10.8. The SMILES string of the molecule is C[N+]1(C2OC(C(=O)NC(CCC(=O)O)C(=O)O)C(O)C(O)C2O)CCCC1c1cccnc1.[Cl-]. The van der Waals surface area contributed by atoms with Gasteiger partial charge in [-0.3, -0.25) is 19.1 Å². The maximum atomic E-state index is 12.8. The molecule has 2 aliphatic rings. The highest BCUT2D eigenvalue weighted by atomic mass is 35.5. The highest BCUT2D eigenvalue weighted by molar-refractivity contribution is 5.87. The number of amides is 1. The van der Waals surface area contributed by atoms with E-state index in [0.29, 0.717) is 6.54 Å². The summed E-state index contributed by atoms with van der Waals surface area (Å²) in [5, 5.41) is 52.0. The molecule has 34 heavy (non-hydrogen) atoms. The number of carbonyl (C=O) groups excluding carboxylic acids is 1. The van der Waals surface area contributed by atoms with E-state index < -0.39 is 61.0 Å². The van der Waals surface area contributed by atoms with E-state index in [9.17, 15) is 34.8 Å². The molecule has 0 aliphatic carbocycles. The average Bonchev–Trinajstić information content (AvgIpc) is 3.17. The number of quaternary nitrogens is 1. The fourth-order valence-electron chi connectivity index (χ4n) is 4.81. The van der Waals surface area contributed by atoms with E-state index in [-0.39, 0.29) is 29.4 Å². The predicted molar refractivity (Wildman–Crippen MR) is 110 cm³/mol. The maximum absolute atomic E-state index is 12.8. The van der Waals surface area contributed by atoms with Crippen LogP contribution in [-0.4, -0.2) is 103 Å². The molecule has 0 aromatic carbocycles. The predicted octanol–water partition coefficient (Wildman–Crippen LogP) is -4.39. The number of halogens is 1. The Morgan fingerprint density at radius 3 is 2.50 bits per heavy atom. The number of ether oxygens (including phenoxy) is 1. The Bertz CT molecular complexity index is 876. The van der Waals surface area contributed by atoms with Crippen LogP contribution in [0.1, 0.15) is 37.3 Å². The van der Waals surface area contributed by atoms with Crippen molar-refractivity contribution in [1.82, 2.24) is 10.3 Å². The van der Waals surface area contributed by atoms with Gasteiger partial charge in [-0.15, -0.1) is 0 Å². The second-order valence-electron chi connectivity index (χ2n) is 8.77. The third kappa shape index (κ3) is 5.65. The summed E-state index contributed by atoms with van der Waals surface area (Å²) >= 11 is 0. The van der Waals surface area contributed by atoms with Gasteiger partial charge in [-0.25, -0.2) is 4.79 Å². The number of aromatic nitrogens is 1. The van der Waals surface area contributed by atoms with Crippen LogP contribution in [0.25, 0.3) is 0 Å². The molecular weight excluding hydrogens is 474 g/mol. The Labute approximate surface area is 202 Å². The van der Waals surface area contributed by atoms with E-state index in [4.69, 9.17) is 9.84 Å². The zero-order chi connectivity index (χ0) is 24.3. The van der Waals surface area contributed by atoms with Crippen LogP contribution in [0, 0.1) is 0 Å². The summed E-state index contributed by atoms with van der Waals surface area (Å²) in [4.78, 5) is 39.2. The molecule has 1 aromatic heterocycles. The minimum absolute atomic E-state index is 0. The van der Waals surface area contributed by atoms with Crippen molar-refractivity contribution in [2.24, 2.45) is 0 Å². The van der Waals surface area contributed by atoms with Crippen molar-refractivity contribution >= 4 is 17.8 Å². The zero-order valence-corrected chi connectivity index (χ0v) is 19.3. The molecule has 8 atom stereocenters. The van der Waals surface area contributed by atoms with Crippen molar-refractivity contribution < 1.29 is 61.5 Å². The summed E-state index contributed by atoms with van der Waals surface area (Å²) in [6, 6.07) is 2.01. The highest BCUT2D eigenvalue weighted by Crippen LogP contribution is 2.43. The van der Waals surface area contributed by atoms with Crippen LogP contribution >= 0.6 is 0 Å². The third-order valence-corrected chi connectivity index (χ3v) is 6.59. The molecule has 12 nitrogen and oxygen atoms in total. The second-order valence-corrected chi connectivity index (χ2v) is 8.77. The van der Waals surface area contributed by atoms with Gasteiger partial charge < -0.3 is 48.0 Å². The number of aliphatic carboxylic acids is 2. The average molecular weight is 504 g/mol. The van der Waals surface area contributed by atoms with Gasteiger partial charge in [0.15, 0.2) is 12.2 Å². The van der Waals surface area contributed by atoms with Crippen LogP contribution in [-0.2, 0) is 19.1 Å². The number of pyridine rings is 1. The number of carboxylic acids is 2. The number of carbonyl (C=O) groups is 3. The maximum Gasteiger partial charge on any atom is 0.326 e. The van der Waals surface area contributed by atoms with Crippen molar-refractivity contribution in [2.75, 3.05) is 13.6 Å². The van der Waals surface area contributed by atoms with Crippen LogP contribution in [0.2, 0.25) is 0 Å². The number of carboxylic acid groups (broad SMARTS) is 2. The van der Waals surface area contributed by atoms with Crippen molar-refractivity contribution in [3.05, 3.63) is 30.1 Å². The fourth-order valence-corrected chi connectivity index (χ4v) is 4.81. The molecule has 3 rings (SSSR count). The van der Waals surface area contributed by atoms with Gasteiger partial charge in [0.25, 0.3) is 5.91 Å². The Hall–Kier alpha value is -2.35. The van der Waals surface area contributed by atoms with Gasteiger partial charge in [-0.05, 0) is 12.5 Å². The zero-order valence-electron chi connectivity index (χ0n) is 18.5. The monoisotopic (exact) mass is 503 g/mol. The van der Waals surface area contributed by atoms with Crippen LogP contribution < -0.4 is 17.7 Å². The lowest BCUT2D eigenvalue weighted by Gasteiger charge is -2.49. The van der Waals surface area contributed by atoms with Crippen molar-refractivity contribution in [3.63, 3.8) is 0 Å². The summed E-state index contributed by atoms with van der Waals surface area (Å²) in [6.45, 7) is 0.564. The first-order valence-electron chi connectivity index (χ1n) is 10.8. The minimum Gasteiger partial charge on any atom is -1.00 e. The molecule has 1 aromatic rings. The fraction of sp³-hybridized carbons (Fsp3) is 0.619. The molecule has 2 saturated heterocycles. The van der Waals surface area contributed by atoms with Crippen molar-refractivity contribution in [1.29, 1.82) is 0 Å². The van der Waals surface area contributed by atoms with E-state index in [1.54, 1.807) is 18.5 Å². The molecule has 13 heteroatoms. The third-order valence-electron chi connectivity index (χ3n) is 6.59. The van der Waals surface area contributed by atoms with E-state index in [1.165, 1.54) is 0 Å². The number of aliphatic hydroxyl groups is 3. The standard InChI is InChI=1S/C21H29N3O9.ClH/c1-24(9-3-5-13(24)11-4-2-8-22-10-11)20-17(29)15(27)16(28)18(33-20)19(30)23-12(21(31)32)6-7-14(25)26;/h2,4,8,10,12-13,15-18,20,27-29H,3,5-7,9H2,1H3,(H2-,23,25,26,30,31,32);1H. The lowest BCUT2D eigenvalue weighted by atomic mass is 9.94. The van der Waals surface area contributed by atoms with Gasteiger partial charge in [0.2, 0.25) is 6.23 Å². The molecule has 0 bridgehead atoms. The summed E-state index contributed by atoms with van der Waals surface area (Å²) in [5.41, 5.74) is 0.898. The quantitative estimate of drug-likeness (QED) is 0.189. The van der Waals surface area contributed by atoms with E-state index in [1.807, 2.05) is 13.1 Å². The normalized spacial score (nSPS) is 34.0. The summed E-state index contributed by atoms with van der Waals surface area (Å²) < 4.78 is 5.99. The van der Waals surface area contributed by atoms with Gasteiger partial charge in [0.1, 0.15) is 24.3 Å². The molecule has 0 spiro atoms. The number of likely N-dealkylation sites (N-methyl/N-ethyl adjacent to an activating group) is 1. The Balaban J connectivity index is 0.00000408. The van der Waals surface area contributed by atoms with Gasteiger partial charge in [0.05, 0.1) is 13.6 Å². The van der Waals surface area contributed by atoms with Crippen LogP contribution in [0.4, 0.5) is 0 Å². The summed E-state index contributed by atoms with van der Waals surface area (Å²) in [5.74, 6) is -3.68. The summed E-state index contributed by atoms with van der Waals surface area (Å²) in [6.07, 6.45) is -3.76. The number of hydrogen-bond donors (Lipinski definition) is 6. The number of nitrogens with one attached hydrogen (secondary N) is 1. The molecule has 190 valence electrons. The minimum atomic E-state index is -1.81. The largest absolute Gasteiger partial charge is 1.00 e. The number of hydrogen-bond acceptors (Lipinski definition) is 8. The smallest absolute Gasteiger partial charge is 0.326 e. The van der Waals surface area contributed by atoms with E-state index in [2.05, 4.69) is 10.3 Å². The number of nitrogens with zero attached hydrogens (tertiary/aromatic N) is 2. The summed E-state index contributed by atoms with van der Waals surface area (Å²) in [7, 11) is 1.82. The second kappa shape index (κ2) is 11.4. The molecule has 0 saturated carbocycles. The van der Waals surface area contributed by atoms with E-state index in [0.717, 1.165) is 18.4 Å². The van der Waals surface area contributed by atoms with E-state index >= 15 is 0 Å². The lowest BCUT2D eigenvalue weighted by Crippen LogP contribution is -3.00. The Kier molecular flexibility index (Phi) is 9.34. The number of rotatable bonds is 8.